The third-order valence-electron chi connectivity index (χ3n) is 6.71. The summed E-state index contributed by atoms with van der Waals surface area (Å²) >= 11 is 0. The lowest BCUT2D eigenvalue weighted by atomic mass is 9.91. The van der Waals surface area contributed by atoms with Crippen LogP contribution in [-0.4, -0.2) is 44.8 Å². The first-order valence-electron chi connectivity index (χ1n) is 10.7. The van der Waals surface area contributed by atoms with Crippen LogP contribution in [0.3, 0.4) is 0 Å². The van der Waals surface area contributed by atoms with Gasteiger partial charge in [0.05, 0.1) is 17.5 Å². The molecule has 0 spiro atoms. The Kier molecular flexibility index (Phi) is 4.82. The molecule has 0 radical (unpaired) electrons. The largest absolute Gasteiger partial charge is 0.345 e. The maximum atomic E-state index is 12.8. The van der Waals surface area contributed by atoms with Crippen molar-refractivity contribution < 1.29 is 8.42 Å². The topological polar surface area (TPSA) is 105 Å². The van der Waals surface area contributed by atoms with Gasteiger partial charge in [-0.2, -0.15) is 0 Å². The first-order chi connectivity index (χ1) is 14.0. The maximum absolute atomic E-state index is 12.8. The fourth-order valence-corrected chi connectivity index (χ4v) is 7.06. The van der Waals surface area contributed by atoms with E-state index in [1.807, 2.05) is 12.3 Å². The second-order valence-electron chi connectivity index (χ2n) is 8.88. The molecule has 156 valence electrons. The molecule has 3 aromatic rings. The summed E-state index contributed by atoms with van der Waals surface area (Å²) in [7, 11) is -3.26. The minimum atomic E-state index is -3.26. The van der Waals surface area contributed by atoms with Gasteiger partial charge in [0.25, 0.3) is 0 Å². The number of sulfonamides is 1. The lowest BCUT2D eigenvalue weighted by Gasteiger charge is -2.22. The van der Waals surface area contributed by atoms with Crippen molar-refractivity contribution >= 4 is 26.8 Å². The molecule has 3 aromatic heterocycles. The van der Waals surface area contributed by atoms with Crippen molar-refractivity contribution in [3.63, 3.8) is 0 Å². The van der Waals surface area contributed by atoms with Crippen LogP contribution in [0.25, 0.3) is 16.8 Å². The highest BCUT2D eigenvalue weighted by Crippen LogP contribution is 2.39. The van der Waals surface area contributed by atoms with Crippen molar-refractivity contribution in [1.29, 1.82) is 0 Å². The Morgan fingerprint density at radius 3 is 2.86 bits per heavy atom. The number of nitrogens with zero attached hydrogens (tertiary/aromatic N) is 4. The maximum Gasteiger partial charge on any atom is 0.212 e. The van der Waals surface area contributed by atoms with Crippen molar-refractivity contribution in [2.75, 3.05) is 5.75 Å². The molecule has 8 nitrogen and oxygen atoms in total. The minimum Gasteiger partial charge on any atom is -0.345 e. The van der Waals surface area contributed by atoms with Crippen molar-refractivity contribution in [3.8, 4) is 0 Å². The normalized spacial score (nSPS) is 26.6. The van der Waals surface area contributed by atoms with Crippen molar-refractivity contribution in [1.82, 2.24) is 29.3 Å². The zero-order valence-corrected chi connectivity index (χ0v) is 17.5. The van der Waals surface area contributed by atoms with E-state index in [0.29, 0.717) is 11.8 Å². The van der Waals surface area contributed by atoms with Gasteiger partial charge in [0, 0.05) is 18.2 Å². The molecule has 2 aliphatic carbocycles. The summed E-state index contributed by atoms with van der Waals surface area (Å²) in [6, 6.07) is 1.94. The molecule has 3 heterocycles. The third-order valence-corrected chi connectivity index (χ3v) is 8.31. The van der Waals surface area contributed by atoms with Gasteiger partial charge in [-0.3, -0.25) is 4.40 Å². The van der Waals surface area contributed by atoms with Gasteiger partial charge in [0.1, 0.15) is 5.82 Å². The predicted molar refractivity (Wildman–Crippen MR) is 111 cm³/mol. The quantitative estimate of drug-likeness (QED) is 0.665. The molecule has 9 heteroatoms. The number of fused-ring (bicyclic) bond motifs is 3. The Bertz CT molecular complexity index is 1110. The van der Waals surface area contributed by atoms with Gasteiger partial charge in [-0.05, 0) is 43.6 Å². The summed E-state index contributed by atoms with van der Waals surface area (Å²) in [4.78, 5) is 7.51. The molecule has 2 aliphatic rings. The Balaban J connectivity index is 1.35. The smallest absolute Gasteiger partial charge is 0.212 e. The monoisotopic (exact) mass is 416 g/mol. The number of nitrogens with one attached hydrogen (secondary N) is 2. The molecule has 0 saturated heterocycles. The first kappa shape index (κ1) is 19.0. The fourth-order valence-electron chi connectivity index (χ4n) is 5.31. The van der Waals surface area contributed by atoms with Gasteiger partial charge >= 0.3 is 0 Å². The number of hydrogen-bond acceptors (Lipinski definition) is 5. The van der Waals surface area contributed by atoms with E-state index in [1.165, 1.54) is 6.42 Å². The van der Waals surface area contributed by atoms with Crippen LogP contribution in [0.4, 0.5) is 0 Å². The molecular weight excluding hydrogens is 388 g/mol. The van der Waals surface area contributed by atoms with Gasteiger partial charge in [0.2, 0.25) is 10.0 Å². The Morgan fingerprint density at radius 2 is 2.03 bits per heavy atom. The number of aromatic amines is 1. The summed E-state index contributed by atoms with van der Waals surface area (Å²) in [5.74, 6) is 1.96. The Morgan fingerprint density at radius 1 is 1.21 bits per heavy atom. The number of H-pyrrole nitrogens is 1. The molecule has 2 saturated carbocycles. The van der Waals surface area contributed by atoms with Crippen LogP contribution in [0.5, 0.6) is 0 Å². The molecule has 0 unspecified atom stereocenters. The molecule has 2 N–H and O–H groups in total. The van der Waals surface area contributed by atoms with Crippen LogP contribution in [0.2, 0.25) is 0 Å². The number of rotatable bonds is 5. The highest BCUT2D eigenvalue weighted by Gasteiger charge is 2.37. The van der Waals surface area contributed by atoms with Gasteiger partial charge < -0.3 is 4.98 Å². The van der Waals surface area contributed by atoms with E-state index in [2.05, 4.69) is 36.2 Å². The average molecular weight is 417 g/mol. The van der Waals surface area contributed by atoms with E-state index < -0.39 is 10.0 Å². The van der Waals surface area contributed by atoms with E-state index in [0.717, 1.165) is 61.2 Å². The highest BCUT2D eigenvalue weighted by atomic mass is 32.2. The first-order valence-corrected chi connectivity index (χ1v) is 12.3. The van der Waals surface area contributed by atoms with Gasteiger partial charge in [-0.25, -0.2) is 18.1 Å². The summed E-state index contributed by atoms with van der Waals surface area (Å²) in [6.45, 7) is 2.18. The Labute approximate surface area is 170 Å². The Hall–Kier alpha value is -2.00. The van der Waals surface area contributed by atoms with Crippen molar-refractivity contribution in [2.24, 2.45) is 11.8 Å². The van der Waals surface area contributed by atoms with E-state index in [1.54, 1.807) is 6.20 Å². The number of hydrogen-bond donors (Lipinski definition) is 2. The molecule has 0 aliphatic heterocycles. The van der Waals surface area contributed by atoms with Gasteiger partial charge in [0.15, 0.2) is 11.3 Å². The lowest BCUT2D eigenvalue weighted by Crippen LogP contribution is -2.37. The van der Waals surface area contributed by atoms with Gasteiger partial charge in [-0.1, -0.05) is 26.2 Å². The zero-order chi connectivity index (χ0) is 20.0. The molecule has 29 heavy (non-hydrogen) atoms. The van der Waals surface area contributed by atoms with Crippen LogP contribution in [0, 0.1) is 11.8 Å². The van der Waals surface area contributed by atoms with Crippen LogP contribution in [0.1, 0.15) is 63.6 Å². The van der Waals surface area contributed by atoms with Crippen molar-refractivity contribution in [3.05, 3.63) is 24.3 Å². The molecule has 0 bridgehead atoms. The minimum absolute atomic E-state index is 0.0421. The summed E-state index contributed by atoms with van der Waals surface area (Å²) in [6.07, 6.45) is 10.8. The van der Waals surface area contributed by atoms with Crippen LogP contribution < -0.4 is 4.72 Å². The van der Waals surface area contributed by atoms with E-state index in [9.17, 15) is 8.42 Å². The second-order valence-corrected chi connectivity index (χ2v) is 10.7. The molecule has 0 aromatic carbocycles. The third kappa shape index (κ3) is 3.66. The van der Waals surface area contributed by atoms with E-state index in [4.69, 9.17) is 0 Å². The fraction of sp³-hybridized carbons (Fsp3) is 0.650. The molecule has 3 atom stereocenters. The van der Waals surface area contributed by atoms with Gasteiger partial charge in [-0.15, -0.1) is 10.2 Å². The second kappa shape index (κ2) is 7.36. The molecule has 5 rings (SSSR count). The molecule has 2 fully saturated rings. The van der Waals surface area contributed by atoms with Crippen LogP contribution >= 0.6 is 0 Å². The SMILES string of the molecule is C[C@@H]1C[C@H](NS(=O)(=O)CC2CCCCC2)C[C@@H]1c1nnc2cnc3[nH]ccc3n12. The van der Waals surface area contributed by atoms with Crippen LogP contribution in [0.15, 0.2) is 18.5 Å². The molecule has 0 amide bonds. The number of aromatic nitrogens is 5. The molecular formula is C20H28N6O2S. The van der Waals surface area contributed by atoms with E-state index in [-0.39, 0.29) is 17.7 Å². The zero-order valence-electron chi connectivity index (χ0n) is 16.7. The van der Waals surface area contributed by atoms with Crippen molar-refractivity contribution in [2.45, 2.75) is 63.8 Å². The predicted octanol–water partition coefficient (Wildman–Crippen LogP) is 2.99. The standard InChI is InChI=1S/C20H28N6O2S/c1-13-9-15(25-29(27,28)12-14-5-3-2-4-6-14)10-16(13)20-24-23-18-11-22-19-17(26(18)20)7-8-21-19/h7-8,11,13-16,21,25H,2-6,9-10,12H2,1H3/t13-,15+,16+/m1/s1. The highest BCUT2D eigenvalue weighted by molar-refractivity contribution is 7.89. The summed E-state index contributed by atoms with van der Waals surface area (Å²) in [5.41, 5.74) is 2.48. The average Bonchev–Trinajstić information content (AvgIpc) is 3.38. The van der Waals surface area contributed by atoms with Crippen LogP contribution in [-0.2, 0) is 10.0 Å². The lowest BCUT2D eigenvalue weighted by molar-refractivity contribution is 0.383. The van der Waals surface area contributed by atoms with E-state index >= 15 is 0 Å². The summed E-state index contributed by atoms with van der Waals surface area (Å²) < 4.78 is 30.6. The summed E-state index contributed by atoms with van der Waals surface area (Å²) in [5, 5.41) is 8.77.